The minimum Gasteiger partial charge on any atom is -0.321 e. The molecule has 0 aliphatic carbocycles. The predicted molar refractivity (Wildman–Crippen MR) is 111 cm³/mol. The van der Waals surface area contributed by atoms with Crippen molar-refractivity contribution in [1.82, 2.24) is 4.98 Å². The number of carbonyl (C=O) groups excluding carboxylic acids is 1. The van der Waals surface area contributed by atoms with Gasteiger partial charge in [0.1, 0.15) is 5.52 Å². The van der Waals surface area contributed by atoms with Crippen LogP contribution in [0.3, 0.4) is 0 Å². The van der Waals surface area contributed by atoms with Gasteiger partial charge in [0.25, 0.3) is 5.91 Å². The lowest BCUT2D eigenvalue weighted by Gasteiger charge is -2.08. The highest BCUT2D eigenvalue weighted by Crippen LogP contribution is 2.41. The Hall–Kier alpha value is -2.15. The lowest BCUT2D eigenvalue weighted by molar-refractivity contribution is 0.102. The maximum absolute atomic E-state index is 12.4. The summed E-state index contributed by atoms with van der Waals surface area (Å²) in [6, 6.07) is 10.5. The molecule has 3 aromatic rings. The molecular formula is C18H16Cl2N4OS. The van der Waals surface area contributed by atoms with Gasteiger partial charge in [0, 0.05) is 11.3 Å². The molecule has 8 heteroatoms. The maximum atomic E-state index is 12.4. The van der Waals surface area contributed by atoms with Gasteiger partial charge in [-0.3, -0.25) is 10.2 Å². The third kappa shape index (κ3) is 3.98. The number of fused-ring (bicyclic) bond motifs is 1. The fourth-order valence-corrected chi connectivity index (χ4v) is 3.64. The summed E-state index contributed by atoms with van der Waals surface area (Å²) in [6.45, 7) is 3.95. The highest BCUT2D eigenvalue weighted by Gasteiger charge is 2.17. The third-order valence-electron chi connectivity index (χ3n) is 3.70. The number of carbonyl (C=O) groups is 1. The number of hydrogen-bond donors (Lipinski definition) is 2. The van der Waals surface area contributed by atoms with Crippen LogP contribution in [0.4, 0.5) is 10.8 Å². The summed E-state index contributed by atoms with van der Waals surface area (Å²) in [5.74, 6) is -0.256. The Labute approximate surface area is 165 Å². The van der Waals surface area contributed by atoms with Crippen molar-refractivity contribution in [2.45, 2.75) is 20.3 Å². The van der Waals surface area contributed by atoms with Crippen LogP contribution < -0.4 is 10.7 Å². The van der Waals surface area contributed by atoms with Gasteiger partial charge in [-0.25, -0.2) is 4.98 Å². The molecular weight excluding hydrogens is 391 g/mol. The molecule has 1 amide bonds. The predicted octanol–water partition coefficient (Wildman–Crippen LogP) is 6.05. The van der Waals surface area contributed by atoms with Crippen LogP contribution in [0.1, 0.15) is 30.6 Å². The number of nitrogens with one attached hydrogen (secondary N) is 2. The maximum Gasteiger partial charge on any atom is 0.255 e. The van der Waals surface area contributed by atoms with E-state index in [4.69, 9.17) is 23.2 Å². The van der Waals surface area contributed by atoms with Crippen LogP contribution in [0.5, 0.6) is 0 Å². The molecule has 0 saturated heterocycles. The molecule has 1 aromatic heterocycles. The van der Waals surface area contributed by atoms with Gasteiger partial charge < -0.3 is 5.32 Å². The lowest BCUT2D eigenvalue weighted by atomic mass is 10.2. The SMILES string of the molecule is CC/C(C)=N/Nc1nc2c(Cl)cc(NC(=O)c3ccccc3)c(Cl)c2s1. The molecule has 0 aliphatic rings. The first-order valence-corrected chi connectivity index (χ1v) is 9.51. The molecule has 0 atom stereocenters. The van der Waals surface area contributed by atoms with E-state index < -0.39 is 0 Å². The zero-order valence-corrected chi connectivity index (χ0v) is 16.5. The number of aromatic nitrogens is 1. The Morgan fingerprint density at radius 3 is 2.69 bits per heavy atom. The number of halogens is 2. The van der Waals surface area contributed by atoms with Crippen molar-refractivity contribution >= 4 is 67.2 Å². The fourth-order valence-electron chi connectivity index (χ4n) is 2.16. The molecule has 134 valence electrons. The first-order chi connectivity index (χ1) is 12.5. The normalized spacial score (nSPS) is 11.6. The zero-order valence-electron chi connectivity index (χ0n) is 14.1. The summed E-state index contributed by atoms with van der Waals surface area (Å²) in [4.78, 5) is 16.8. The molecule has 2 aromatic carbocycles. The van der Waals surface area contributed by atoms with E-state index in [1.54, 1.807) is 30.3 Å². The van der Waals surface area contributed by atoms with E-state index in [0.717, 1.165) is 12.1 Å². The van der Waals surface area contributed by atoms with Crippen molar-refractivity contribution in [1.29, 1.82) is 0 Å². The summed E-state index contributed by atoms with van der Waals surface area (Å²) in [6.07, 6.45) is 0.842. The largest absolute Gasteiger partial charge is 0.321 e. The molecule has 0 aliphatic heterocycles. The van der Waals surface area contributed by atoms with Gasteiger partial charge >= 0.3 is 0 Å². The number of benzene rings is 2. The van der Waals surface area contributed by atoms with Crippen molar-refractivity contribution in [3.05, 3.63) is 52.0 Å². The summed E-state index contributed by atoms with van der Waals surface area (Å²) in [7, 11) is 0. The van der Waals surface area contributed by atoms with Crippen LogP contribution in [-0.4, -0.2) is 16.6 Å². The van der Waals surface area contributed by atoms with E-state index in [-0.39, 0.29) is 5.91 Å². The van der Waals surface area contributed by atoms with Gasteiger partial charge in [0.05, 0.1) is 20.4 Å². The first-order valence-electron chi connectivity index (χ1n) is 7.93. The van der Waals surface area contributed by atoms with E-state index in [1.807, 2.05) is 19.9 Å². The summed E-state index contributed by atoms with van der Waals surface area (Å²) >= 11 is 14.2. The van der Waals surface area contributed by atoms with Crippen LogP contribution in [0.2, 0.25) is 10.0 Å². The highest BCUT2D eigenvalue weighted by atomic mass is 35.5. The second-order valence-electron chi connectivity index (χ2n) is 5.55. The van der Waals surface area contributed by atoms with Crippen molar-refractivity contribution in [2.75, 3.05) is 10.7 Å². The summed E-state index contributed by atoms with van der Waals surface area (Å²) < 4.78 is 0.689. The second-order valence-corrected chi connectivity index (χ2v) is 7.33. The first kappa shape index (κ1) is 18.6. The van der Waals surface area contributed by atoms with Crippen molar-refractivity contribution in [3.8, 4) is 0 Å². The summed E-state index contributed by atoms with van der Waals surface area (Å²) in [5.41, 5.74) is 5.43. The Morgan fingerprint density at radius 1 is 1.27 bits per heavy atom. The van der Waals surface area contributed by atoms with Crippen molar-refractivity contribution in [2.24, 2.45) is 5.10 Å². The van der Waals surface area contributed by atoms with Crippen LogP contribution in [0.25, 0.3) is 10.2 Å². The number of hydrogen-bond acceptors (Lipinski definition) is 5. The van der Waals surface area contributed by atoms with Crippen LogP contribution in [0, 0.1) is 0 Å². The Balaban J connectivity index is 1.93. The lowest BCUT2D eigenvalue weighted by Crippen LogP contribution is -2.12. The van der Waals surface area contributed by atoms with Gasteiger partial charge in [-0.1, -0.05) is 59.7 Å². The standard InChI is InChI=1S/C18H16Cl2N4OS/c1-3-10(2)23-24-18-22-15-12(19)9-13(14(20)16(15)26-18)21-17(25)11-7-5-4-6-8-11/h4-9H,3H2,1-2H3,(H,21,25)(H,22,24)/b23-10+. The average Bonchev–Trinajstić information content (AvgIpc) is 3.09. The molecule has 2 N–H and O–H groups in total. The summed E-state index contributed by atoms with van der Waals surface area (Å²) in [5, 5.41) is 8.44. The van der Waals surface area contributed by atoms with Crippen molar-refractivity contribution < 1.29 is 4.79 Å². The second kappa shape index (κ2) is 8.03. The molecule has 0 fully saturated rings. The molecule has 26 heavy (non-hydrogen) atoms. The van der Waals surface area contributed by atoms with E-state index in [9.17, 15) is 4.79 Å². The van der Waals surface area contributed by atoms with E-state index in [0.29, 0.717) is 36.6 Å². The Kier molecular flexibility index (Phi) is 5.76. The number of hydrazone groups is 1. The highest BCUT2D eigenvalue weighted by molar-refractivity contribution is 7.23. The molecule has 1 heterocycles. The number of anilines is 2. The number of amides is 1. The van der Waals surface area contributed by atoms with E-state index in [1.165, 1.54) is 11.3 Å². The quantitative estimate of drug-likeness (QED) is 0.400. The van der Waals surface area contributed by atoms with Gasteiger partial charge in [-0.05, 0) is 31.5 Å². The van der Waals surface area contributed by atoms with E-state index >= 15 is 0 Å². The minimum atomic E-state index is -0.256. The zero-order chi connectivity index (χ0) is 18.7. The average molecular weight is 407 g/mol. The van der Waals surface area contributed by atoms with Gasteiger partial charge in [-0.15, -0.1) is 0 Å². The molecule has 5 nitrogen and oxygen atoms in total. The molecule has 0 spiro atoms. The molecule has 0 bridgehead atoms. The van der Waals surface area contributed by atoms with Crippen molar-refractivity contribution in [3.63, 3.8) is 0 Å². The molecule has 3 rings (SSSR count). The third-order valence-corrected chi connectivity index (χ3v) is 5.47. The van der Waals surface area contributed by atoms with Gasteiger partial charge in [-0.2, -0.15) is 5.10 Å². The molecule has 0 unspecified atom stereocenters. The van der Waals surface area contributed by atoms with Crippen LogP contribution >= 0.6 is 34.5 Å². The van der Waals surface area contributed by atoms with Crippen LogP contribution in [-0.2, 0) is 0 Å². The number of nitrogens with zero attached hydrogens (tertiary/aromatic N) is 2. The monoisotopic (exact) mass is 406 g/mol. The topological polar surface area (TPSA) is 66.4 Å². The number of thiazole rings is 1. The minimum absolute atomic E-state index is 0.256. The smallest absolute Gasteiger partial charge is 0.255 e. The van der Waals surface area contributed by atoms with Gasteiger partial charge in [0.2, 0.25) is 5.13 Å². The van der Waals surface area contributed by atoms with Crippen LogP contribution in [0.15, 0.2) is 41.5 Å². The fraction of sp³-hybridized carbons (Fsp3) is 0.167. The van der Waals surface area contributed by atoms with E-state index in [2.05, 4.69) is 20.8 Å². The Morgan fingerprint density at radius 2 is 2.00 bits per heavy atom. The molecule has 0 saturated carbocycles. The van der Waals surface area contributed by atoms with Gasteiger partial charge in [0.15, 0.2) is 0 Å². The Bertz CT molecular complexity index is 986. The number of rotatable bonds is 5. The molecule has 0 radical (unpaired) electrons.